The fraction of sp³-hybridized carbons (Fsp3) is 0.238. The molecule has 0 unspecified atom stereocenters. The zero-order chi connectivity index (χ0) is 19.0. The lowest BCUT2D eigenvalue weighted by Crippen LogP contribution is -2.26. The molecule has 2 N–H and O–H groups in total. The van der Waals surface area contributed by atoms with Crippen molar-refractivity contribution < 1.29 is 9.84 Å². The van der Waals surface area contributed by atoms with Gasteiger partial charge in [-0.2, -0.15) is 0 Å². The van der Waals surface area contributed by atoms with Crippen LogP contribution in [0.1, 0.15) is 24.4 Å². The number of nitrogens with zero attached hydrogens (tertiary/aromatic N) is 2. The maximum atomic E-state index is 10.5. The van der Waals surface area contributed by atoms with Crippen molar-refractivity contribution in [3.05, 3.63) is 64.9 Å². The van der Waals surface area contributed by atoms with E-state index in [1.54, 1.807) is 0 Å². The van der Waals surface area contributed by atoms with E-state index in [1.165, 1.54) is 11.3 Å². The second-order valence-electron chi connectivity index (χ2n) is 6.82. The first-order chi connectivity index (χ1) is 13.0. The van der Waals surface area contributed by atoms with Crippen molar-refractivity contribution in [3.63, 3.8) is 0 Å². The number of amidine groups is 1. The Morgan fingerprint density at radius 2 is 1.93 bits per heavy atom. The van der Waals surface area contributed by atoms with Crippen molar-refractivity contribution in [3.8, 4) is 5.75 Å². The molecule has 0 spiro atoms. The van der Waals surface area contributed by atoms with E-state index in [-0.39, 0.29) is 11.9 Å². The van der Waals surface area contributed by atoms with E-state index >= 15 is 0 Å². The van der Waals surface area contributed by atoms with Crippen molar-refractivity contribution in [1.82, 2.24) is 9.88 Å². The summed E-state index contributed by atoms with van der Waals surface area (Å²) in [7, 11) is 0. The van der Waals surface area contributed by atoms with E-state index in [9.17, 15) is 5.11 Å². The van der Waals surface area contributed by atoms with E-state index in [4.69, 9.17) is 10.1 Å². The number of fused-ring (bicyclic) bond motifs is 1. The molecule has 0 bridgehead atoms. The van der Waals surface area contributed by atoms with Crippen LogP contribution in [0.15, 0.2) is 54.3 Å². The van der Waals surface area contributed by atoms with E-state index in [0.717, 1.165) is 21.5 Å². The highest BCUT2D eigenvalue weighted by atomic mass is 32.1. The van der Waals surface area contributed by atoms with Crippen molar-refractivity contribution in [2.45, 2.75) is 26.5 Å². The molecule has 0 fully saturated rings. The van der Waals surface area contributed by atoms with Crippen molar-refractivity contribution in [1.29, 1.82) is 5.41 Å². The third kappa shape index (κ3) is 3.53. The molecule has 6 heteroatoms. The molecular weight excluding hydrogens is 358 g/mol. The Kier molecular flexibility index (Phi) is 4.58. The summed E-state index contributed by atoms with van der Waals surface area (Å²) >= 11 is 1.50. The Balaban J connectivity index is 1.51. The zero-order valence-electron chi connectivity index (χ0n) is 15.3. The molecule has 0 amide bonds. The minimum absolute atomic E-state index is 0.139. The van der Waals surface area contributed by atoms with Gasteiger partial charge in [-0.25, -0.2) is 4.98 Å². The Morgan fingerprint density at radius 3 is 2.63 bits per heavy atom. The molecule has 1 aliphatic rings. The van der Waals surface area contributed by atoms with Crippen LogP contribution in [0.5, 0.6) is 5.75 Å². The number of hydrogen-bond donors (Lipinski definition) is 2. The molecular formula is C21H21N3O2S. The van der Waals surface area contributed by atoms with Crippen molar-refractivity contribution in [2.24, 2.45) is 0 Å². The summed E-state index contributed by atoms with van der Waals surface area (Å²) in [5.41, 5.74) is 2.50. The maximum absolute atomic E-state index is 10.5. The highest BCUT2D eigenvalue weighted by Gasteiger charge is 2.30. The van der Waals surface area contributed by atoms with Gasteiger partial charge < -0.3 is 14.7 Å². The topological polar surface area (TPSA) is 69.4 Å². The molecule has 0 saturated heterocycles. The molecule has 1 aromatic heterocycles. The number of nitrogens with one attached hydrogen (secondary N) is 1. The molecule has 138 valence electrons. The average molecular weight is 379 g/mol. The lowest BCUT2D eigenvalue weighted by molar-refractivity contribution is 0.242. The van der Waals surface area contributed by atoms with Crippen LogP contribution in [-0.4, -0.2) is 33.5 Å². The van der Waals surface area contributed by atoms with Gasteiger partial charge in [-0.3, -0.25) is 5.41 Å². The second-order valence-corrected chi connectivity index (χ2v) is 7.85. The van der Waals surface area contributed by atoms with Gasteiger partial charge in [0.2, 0.25) is 0 Å². The van der Waals surface area contributed by atoms with E-state index < -0.39 is 0 Å². The van der Waals surface area contributed by atoms with E-state index in [0.29, 0.717) is 29.5 Å². The molecule has 3 aromatic rings. The number of para-hydroxylation sites is 1. The molecule has 0 saturated carbocycles. The molecule has 2 aromatic carbocycles. The van der Waals surface area contributed by atoms with Gasteiger partial charge in [0.1, 0.15) is 22.4 Å². The largest absolute Gasteiger partial charge is 0.510 e. The minimum atomic E-state index is 0.139. The summed E-state index contributed by atoms with van der Waals surface area (Å²) in [6, 6.07) is 15.7. The summed E-state index contributed by atoms with van der Waals surface area (Å²) in [5.74, 6) is 1.36. The van der Waals surface area contributed by atoms with Gasteiger partial charge >= 0.3 is 0 Å². The third-order valence-electron chi connectivity index (χ3n) is 4.36. The summed E-state index contributed by atoms with van der Waals surface area (Å²) in [4.78, 5) is 6.45. The van der Waals surface area contributed by atoms with Gasteiger partial charge in [-0.1, -0.05) is 24.3 Å². The Hall–Kier alpha value is -2.86. The fourth-order valence-electron chi connectivity index (χ4n) is 3.14. The molecule has 0 radical (unpaired) electrons. The zero-order valence-corrected chi connectivity index (χ0v) is 16.1. The molecule has 0 atom stereocenters. The smallest absolute Gasteiger partial charge is 0.135 e. The van der Waals surface area contributed by atoms with Crippen molar-refractivity contribution >= 4 is 33.0 Å². The quantitative estimate of drug-likeness (QED) is 0.665. The summed E-state index contributed by atoms with van der Waals surface area (Å²) in [6.45, 7) is 4.88. The van der Waals surface area contributed by atoms with Crippen LogP contribution < -0.4 is 4.74 Å². The Bertz CT molecular complexity index is 988. The number of thiazole rings is 1. The number of aliphatic hydroxyl groups is 1. The third-order valence-corrected chi connectivity index (χ3v) is 5.41. The lowest BCUT2D eigenvalue weighted by Gasteiger charge is -2.19. The number of aliphatic hydroxyl groups excluding tert-OH is 1. The summed E-state index contributed by atoms with van der Waals surface area (Å²) in [5, 5.41) is 19.7. The first-order valence-electron chi connectivity index (χ1n) is 8.89. The molecule has 27 heavy (non-hydrogen) atoms. The number of aromatic nitrogens is 1. The van der Waals surface area contributed by atoms with Gasteiger partial charge in [0.15, 0.2) is 0 Å². The highest BCUT2D eigenvalue weighted by molar-refractivity contribution is 7.19. The van der Waals surface area contributed by atoms with Crippen LogP contribution in [-0.2, 0) is 6.54 Å². The van der Waals surface area contributed by atoms with Crippen LogP contribution >= 0.6 is 11.3 Å². The highest BCUT2D eigenvalue weighted by Crippen LogP contribution is 2.33. The summed E-state index contributed by atoms with van der Waals surface area (Å²) < 4.78 is 6.73. The van der Waals surface area contributed by atoms with Gasteiger partial charge in [-0.15, -0.1) is 11.3 Å². The summed E-state index contributed by atoms with van der Waals surface area (Å²) in [6.07, 6.45) is 0.139. The second kappa shape index (κ2) is 7.04. The van der Waals surface area contributed by atoms with E-state index in [1.807, 2.05) is 67.3 Å². The van der Waals surface area contributed by atoms with Crippen LogP contribution in [0.2, 0.25) is 0 Å². The van der Waals surface area contributed by atoms with Crippen LogP contribution in [0.3, 0.4) is 0 Å². The SMILES string of the molecule is CC(C)Oc1ccc(CN2CC(O)=C(c3nc4ccccc4s3)C2=N)cc1. The lowest BCUT2D eigenvalue weighted by atomic mass is 10.2. The standard InChI is InChI=1S/C21H21N3O2S/c1-13(2)26-15-9-7-14(8-10-15)11-24-12-17(25)19(20(24)22)21-23-16-5-3-4-6-18(16)27-21/h3-10,13,22,25H,11-12H2,1-2H3. The predicted octanol–water partition coefficient (Wildman–Crippen LogP) is 4.85. The monoisotopic (exact) mass is 379 g/mol. The number of hydrogen-bond acceptors (Lipinski definition) is 5. The Morgan fingerprint density at radius 1 is 1.19 bits per heavy atom. The number of ether oxygens (including phenoxy) is 1. The molecule has 4 rings (SSSR count). The van der Waals surface area contributed by atoms with Crippen LogP contribution in [0.25, 0.3) is 15.8 Å². The van der Waals surface area contributed by atoms with Gasteiger partial charge in [0, 0.05) is 6.54 Å². The van der Waals surface area contributed by atoms with Crippen LogP contribution in [0.4, 0.5) is 0 Å². The average Bonchev–Trinajstić information content (AvgIpc) is 3.16. The van der Waals surface area contributed by atoms with Gasteiger partial charge in [0.25, 0.3) is 0 Å². The Labute approximate surface area is 162 Å². The predicted molar refractivity (Wildman–Crippen MR) is 110 cm³/mol. The molecule has 1 aliphatic heterocycles. The van der Waals surface area contributed by atoms with E-state index in [2.05, 4.69) is 4.98 Å². The van der Waals surface area contributed by atoms with Crippen LogP contribution in [0, 0.1) is 5.41 Å². The normalized spacial score (nSPS) is 14.6. The van der Waals surface area contributed by atoms with Gasteiger partial charge in [-0.05, 0) is 43.7 Å². The molecule has 2 heterocycles. The minimum Gasteiger partial charge on any atom is -0.510 e. The number of benzene rings is 2. The fourth-order valence-corrected chi connectivity index (χ4v) is 4.17. The first-order valence-corrected chi connectivity index (χ1v) is 9.70. The van der Waals surface area contributed by atoms with Crippen molar-refractivity contribution in [2.75, 3.05) is 6.54 Å². The molecule has 0 aliphatic carbocycles. The van der Waals surface area contributed by atoms with Gasteiger partial charge in [0.05, 0.1) is 28.4 Å². The first kappa shape index (κ1) is 17.5. The maximum Gasteiger partial charge on any atom is 0.135 e. The number of rotatable bonds is 5. The molecule has 5 nitrogen and oxygen atoms in total.